The molecule has 1 amide bonds. The van der Waals surface area contributed by atoms with Gasteiger partial charge in [-0.3, -0.25) is 4.79 Å². The molecule has 0 aliphatic heterocycles. The second kappa shape index (κ2) is 4.97. The van der Waals surface area contributed by atoms with Crippen LogP contribution >= 0.6 is 0 Å². The van der Waals surface area contributed by atoms with Crippen molar-refractivity contribution in [1.82, 2.24) is 10.6 Å². The quantitative estimate of drug-likeness (QED) is 0.705. The first-order valence-electron chi connectivity index (χ1n) is 6.05. The van der Waals surface area contributed by atoms with Gasteiger partial charge in [-0.15, -0.1) is 0 Å². The van der Waals surface area contributed by atoms with Gasteiger partial charge in [-0.2, -0.15) is 0 Å². The zero-order valence-electron chi connectivity index (χ0n) is 10.4. The molecule has 2 unspecified atom stereocenters. The van der Waals surface area contributed by atoms with E-state index >= 15 is 0 Å². The van der Waals surface area contributed by atoms with Gasteiger partial charge in [0.15, 0.2) is 0 Å². The van der Waals surface area contributed by atoms with Crippen LogP contribution in [0.1, 0.15) is 53.4 Å². The Morgan fingerprint density at radius 3 is 2.47 bits per heavy atom. The maximum absolute atomic E-state index is 11.8. The van der Waals surface area contributed by atoms with Crippen LogP contribution in [0.4, 0.5) is 0 Å². The van der Waals surface area contributed by atoms with Crippen LogP contribution < -0.4 is 10.6 Å². The Morgan fingerprint density at radius 1 is 1.40 bits per heavy atom. The average molecular weight is 212 g/mol. The van der Waals surface area contributed by atoms with Crippen molar-refractivity contribution >= 4 is 5.91 Å². The molecule has 1 aliphatic carbocycles. The SMILES string of the molecule is CCCC(C)NC(=O)C(C)NC1(C)CC1. The van der Waals surface area contributed by atoms with E-state index in [1.807, 2.05) is 6.92 Å². The molecule has 0 heterocycles. The van der Waals surface area contributed by atoms with Crippen LogP contribution in [-0.4, -0.2) is 23.5 Å². The van der Waals surface area contributed by atoms with E-state index in [0.29, 0.717) is 6.04 Å². The first kappa shape index (κ1) is 12.5. The fraction of sp³-hybridized carbons (Fsp3) is 0.917. The standard InChI is InChI=1S/C12H24N2O/c1-5-6-9(2)13-11(15)10(3)14-12(4)7-8-12/h9-10,14H,5-8H2,1-4H3,(H,13,15). The number of amides is 1. The minimum atomic E-state index is -0.0724. The van der Waals surface area contributed by atoms with Gasteiger partial charge in [-0.05, 0) is 40.0 Å². The van der Waals surface area contributed by atoms with Crippen LogP contribution in [0, 0.1) is 0 Å². The summed E-state index contributed by atoms with van der Waals surface area (Å²) in [6, 6.07) is 0.218. The Kier molecular flexibility index (Phi) is 4.14. The third kappa shape index (κ3) is 4.20. The average Bonchev–Trinajstić information content (AvgIpc) is 2.83. The van der Waals surface area contributed by atoms with Crippen LogP contribution in [0.5, 0.6) is 0 Å². The predicted molar refractivity (Wildman–Crippen MR) is 62.7 cm³/mol. The van der Waals surface area contributed by atoms with Crippen LogP contribution in [0.25, 0.3) is 0 Å². The minimum Gasteiger partial charge on any atom is -0.352 e. The first-order valence-corrected chi connectivity index (χ1v) is 6.05. The van der Waals surface area contributed by atoms with E-state index in [0.717, 1.165) is 12.8 Å². The second-order valence-corrected chi connectivity index (χ2v) is 5.12. The highest BCUT2D eigenvalue weighted by atomic mass is 16.2. The van der Waals surface area contributed by atoms with E-state index in [2.05, 4.69) is 31.4 Å². The summed E-state index contributed by atoms with van der Waals surface area (Å²) in [6.07, 6.45) is 4.54. The van der Waals surface area contributed by atoms with Crippen molar-refractivity contribution in [2.75, 3.05) is 0 Å². The van der Waals surface area contributed by atoms with Crippen molar-refractivity contribution in [3.05, 3.63) is 0 Å². The summed E-state index contributed by atoms with van der Waals surface area (Å²) in [4.78, 5) is 11.8. The largest absolute Gasteiger partial charge is 0.352 e. The summed E-state index contributed by atoms with van der Waals surface area (Å²) in [7, 11) is 0. The number of carbonyl (C=O) groups is 1. The zero-order valence-corrected chi connectivity index (χ0v) is 10.4. The highest BCUT2D eigenvalue weighted by Crippen LogP contribution is 2.34. The van der Waals surface area contributed by atoms with Crippen molar-refractivity contribution in [3.8, 4) is 0 Å². The minimum absolute atomic E-state index is 0.0724. The molecule has 0 spiro atoms. The molecule has 1 rings (SSSR count). The number of carbonyl (C=O) groups excluding carboxylic acids is 1. The molecule has 15 heavy (non-hydrogen) atoms. The molecular weight excluding hydrogens is 188 g/mol. The Hall–Kier alpha value is -0.570. The molecule has 0 aromatic heterocycles. The number of hydrogen-bond donors (Lipinski definition) is 2. The van der Waals surface area contributed by atoms with Gasteiger partial charge in [-0.1, -0.05) is 13.3 Å². The lowest BCUT2D eigenvalue weighted by Gasteiger charge is -2.21. The first-order chi connectivity index (χ1) is 6.97. The second-order valence-electron chi connectivity index (χ2n) is 5.12. The maximum Gasteiger partial charge on any atom is 0.237 e. The van der Waals surface area contributed by atoms with Crippen molar-refractivity contribution in [2.24, 2.45) is 0 Å². The third-order valence-corrected chi connectivity index (χ3v) is 3.07. The van der Waals surface area contributed by atoms with E-state index in [9.17, 15) is 4.79 Å². The molecular formula is C12H24N2O. The fourth-order valence-corrected chi connectivity index (χ4v) is 1.79. The molecule has 2 atom stereocenters. The van der Waals surface area contributed by atoms with E-state index in [1.54, 1.807) is 0 Å². The van der Waals surface area contributed by atoms with Gasteiger partial charge in [0.1, 0.15) is 0 Å². The lowest BCUT2D eigenvalue weighted by molar-refractivity contribution is -0.123. The van der Waals surface area contributed by atoms with E-state index in [-0.39, 0.29) is 17.5 Å². The van der Waals surface area contributed by atoms with Crippen LogP contribution in [0.3, 0.4) is 0 Å². The predicted octanol–water partition coefficient (Wildman–Crippen LogP) is 1.82. The van der Waals surface area contributed by atoms with Gasteiger partial charge >= 0.3 is 0 Å². The highest BCUT2D eigenvalue weighted by molar-refractivity contribution is 5.81. The molecule has 3 heteroatoms. The lowest BCUT2D eigenvalue weighted by Crippen LogP contribution is -2.48. The summed E-state index contributed by atoms with van der Waals surface area (Å²) >= 11 is 0. The van der Waals surface area contributed by atoms with Gasteiger partial charge in [0.2, 0.25) is 5.91 Å². The molecule has 0 saturated heterocycles. The van der Waals surface area contributed by atoms with Gasteiger partial charge in [0, 0.05) is 11.6 Å². The van der Waals surface area contributed by atoms with E-state index in [4.69, 9.17) is 0 Å². The molecule has 0 aromatic carbocycles. The molecule has 1 saturated carbocycles. The number of rotatable bonds is 6. The van der Waals surface area contributed by atoms with Crippen LogP contribution in [0.15, 0.2) is 0 Å². The summed E-state index contributed by atoms with van der Waals surface area (Å²) < 4.78 is 0. The maximum atomic E-state index is 11.8. The van der Waals surface area contributed by atoms with E-state index < -0.39 is 0 Å². The molecule has 0 radical (unpaired) electrons. The van der Waals surface area contributed by atoms with E-state index in [1.165, 1.54) is 12.8 Å². The van der Waals surface area contributed by atoms with Crippen molar-refractivity contribution < 1.29 is 4.79 Å². The molecule has 0 bridgehead atoms. The Balaban J connectivity index is 2.26. The summed E-state index contributed by atoms with van der Waals surface area (Å²) in [5, 5.41) is 6.39. The van der Waals surface area contributed by atoms with Crippen molar-refractivity contribution in [1.29, 1.82) is 0 Å². The number of hydrogen-bond acceptors (Lipinski definition) is 2. The van der Waals surface area contributed by atoms with Crippen molar-refractivity contribution in [2.45, 2.75) is 71.0 Å². The van der Waals surface area contributed by atoms with Crippen LogP contribution in [-0.2, 0) is 4.79 Å². The highest BCUT2D eigenvalue weighted by Gasteiger charge is 2.39. The Morgan fingerprint density at radius 2 is 2.00 bits per heavy atom. The summed E-state index contributed by atoms with van der Waals surface area (Å²) in [6.45, 7) is 8.31. The molecule has 1 aliphatic rings. The lowest BCUT2D eigenvalue weighted by atomic mass is 10.1. The van der Waals surface area contributed by atoms with Gasteiger partial charge in [0.25, 0.3) is 0 Å². The topological polar surface area (TPSA) is 41.1 Å². The van der Waals surface area contributed by atoms with Gasteiger partial charge in [0.05, 0.1) is 6.04 Å². The zero-order chi connectivity index (χ0) is 11.5. The molecule has 1 fully saturated rings. The molecule has 0 aromatic rings. The molecule has 88 valence electrons. The number of nitrogens with one attached hydrogen (secondary N) is 2. The van der Waals surface area contributed by atoms with Gasteiger partial charge < -0.3 is 10.6 Å². The van der Waals surface area contributed by atoms with Crippen LogP contribution in [0.2, 0.25) is 0 Å². The third-order valence-electron chi connectivity index (χ3n) is 3.07. The van der Waals surface area contributed by atoms with Gasteiger partial charge in [-0.25, -0.2) is 0 Å². The summed E-state index contributed by atoms with van der Waals surface area (Å²) in [5.74, 6) is 0.129. The smallest absolute Gasteiger partial charge is 0.237 e. The van der Waals surface area contributed by atoms with Crippen molar-refractivity contribution in [3.63, 3.8) is 0 Å². The fourth-order valence-electron chi connectivity index (χ4n) is 1.79. The normalized spacial score (nSPS) is 21.9. The molecule has 2 N–H and O–H groups in total. The monoisotopic (exact) mass is 212 g/mol. The molecule has 3 nitrogen and oxygen atoms in total. The Bertz CT molecular complexity index is 224. The Labute approximate surface area is 93.0 Å². The summed E-state index contributed by atoms with van der Waals surface area (Å²) in [5.41, 5.74) is 0.227.